The standard InChI is InChI=1S/C20H32O4/c1-2-3-5-8-16(21)11-12-18-17(15-13-19(18)24-14-15)9-6-4-7-10-20(22)23/h6,9,11-12,15-19,21H,2-5,7-8,10,13-14H2,1H3,(H,22,23)/b9-6-,12-11+/t15?,16-,17-,18+,19?/m0/s1. The molecule has 0 radical (unpaired) electrons. The molecule has 2 bridgehead atoms. The SMILES string of the molecule is CCCCC[C@H](O)/C=C/[C@H]1C2CC(CO2)[C@@H]1/C=C\CCCC(=O)O. The quantitative estimate of drug-likeness (QED) is 0.443. The van der Waals surface area contributed by atoms with Crippen molar-refractivity contribution in [3.05, 3.63) is 24.3 Å². The zero-order valence-electron chi connectivity index (χ0n) is 14.8. The Labute approximate surface area is 145 Å². The summed E-state index contributed by atoms with van der Waals surface area (Å²) in [6, 6.07) is 0. The summed E-state index contributed by atoms with van der Waals surface area (Å²) in [5, 5.41) is 18.8. The molecule has 2 rings (SSSR count). The molecule has 2 fully saturated rings. The molecule has 1 aliphatic carbocycles. The first kappa shape index (κ1) is 19.2. The second-order valence-electron chi connectivity index (χ2n) is 7.18. The summed E-state index contributed by atoms with van der Waals surface area (Å²) in [4.78, 5) is 10.5. The molecular weight excluding hydrogens is 304 g/mol. The Morgan fingerprint density at radius 2 is 2.08 bits per heavy atom. The second-order valence-corrected chi connectivity index (χ2v) is 7.18. The van der Waals surface area contributed by atoms with E-state index >= 15 is 0 Å². The largest absolute Gasteiger partial charge is 0.481 e. The average Bonchev–Trinajstić information content (AvgIpc) is 3.14. The van der Waals surface area contributed by atoms with Crippen LogP contribution < -0.4 is 0 Å². The van der Waals surface area contributed by atoms with E-state index in [0.29, 0.717) is 24.2 Å². The minimum atomic E-state index is -0.727. The van der Waals surface area contributed by atoms with Crippen molar-refractivity contribution in [3.63, 3.8) is 0 Å². The Hall–Kier alpha value is -1.13. The van der Waals surface area contributed by atoms with Crippen molar-refractivity contribution in [1.82, 2.24) is 0 Å². The topological polar surface area (TPSA) is 66.8 Å². The van der Waals surface area contributed by atoms with Gasteiger partial charge in [0, 0.05) is 12.3 Å². The molecule has 136 valence electrons. The third kappa shape index (κ3) is 5.75. The van der Waals surface area contributed by atoms with Gasteiger partial charge in [-0.15, -0.1) is 0 Å². The predicted molar refractivity (Wildman–Crippen MR) is 94.7 cm³/mol. The number of carboxylic acids is 1. The summed E-state index contributed by atoms with van der Waals surface area (Å²) >= 11 is 0. The van der Waals surface area contributed by atoms with Crippen molar-refractivity contribution in [2.24, 2.45) is 17.8 Å². The minimum absolute atomic E-state index is 0.234. The number of rotatable bonds is 11. The van der Waals surface area contributed by atoms with Crippen LogP contribution in [-0.4, -0.2) is 35.0 Å². The molecule has 1 aliphatic heterocycles. The first-order valence-corrected chi connectivity index (χ1v) is 9.48. The Bertz CT molecular complexity index is 443. The van der Waals surface area contributed by atoms with E-state index in [4.69, 9.17) is 9.84 Å². The number of aliphatic hydroxyl groups excluding tert-OH is 1. The number of carboxylic acid groups (broad SMARTS) is 1. The maximum absolute atomic E-state index is 10.5. The van der Waals surface area contributed by atoms with E-state index in [1.54, 1.807) is 0 Å². The van der Waals surface area contributed by atoms with Crippen molar-refractivity contribution >= 4 is 5.97 Å². The van der Waals surface area contributed by atoms with Crippen LogP contribution in [0.2, 0.25) is 0 Å². The van der Waals surface area contributed by atoms with Crippen LogP contribution >= 0.6 is 0 Å². The molecule has 0 spiro atoms. The fourth-order valence-electron chi connectivity index (χ4n) is 3.90. The summed E-state index contributed by atoms with van der Waals surface area (Å²) < 4.78 is 5.84. The number of carbonyl (C=O) groups is 1. The highest BCUT2D eigenvalue weighted by molar-refractivity contribution is 5.66. The number of allylic oxidation sites excluding steroid dienone is 2. The molecule has 1 saturated carbocycles. The zero-order chi connectivity index (χ0) is 17.4. The van der Waals surface area contributed by atoms with Crippen LogP contribution in [0.5, 0.6) is 0 Å². The van der Waals surface area contributed by atoms with Crippen LogP contribution in [0.3, 0.4) is 0 Å². The molecule has 1 saturated heterocycles. The van der Waals surface area contributed by atoms with Gasteiger partial charge in [-0.05, 0) is 37.5 Å². The highest BCUT2D eigenvalue weighted by Gasteiger charge is 2.46. The molecule has 0 aromatic carbocycles. The zero-order valence-corrected chi connectivity index (χ0v) is 14.8. The lowest BCUT2D eigenvalue weighted by Crippen LogP contribution is -2.26. The van der Waals surface area contributed by atoms with Crippen molar-refractivity contribution in [2.75, 3.05) is 6.61 Å². The fourth-order valence-corrected chi connectivity index (χ4v) is 3.90. The smallest absolute Gasteiger partial charge is 0.303 e. The van der Waals surface area contributed by atoms with Crippen LogP contribution in [0.15, 0.2) is 24.3 Å². The summed E-state index contributed by atoms with van der Waals surface area (Å²) in [5.41, 5.74) is 0. The van der Waals surface area contributed by atoms with Gasteiger partial charge in [0.15, 0.2) is 0 Å². The molecule has 0 aromatic heterocycles. The van der Waals surface area contributed by atoms with E-state index in [1.807, 2.05) is 6.08 Å². The highest BCUT2D eigenvalue weighted by atomic mass is 16.5. The Morgan fingerprint density at radius 1 is 1.25 bits per heavy atom. The van der Waals surface area contributed by atoms with Gasteiger partial charge < -0.3 is 14.9 Å². The third-order valence-electron chi connectivity index (χ3n) is 5.26. The van der Waals surface area contributed by atoms with Gasteiger partial charge in [-0.1, -0.05) is 50.5 Å². The van der Waals surface area contributed by atoms with E-state index in [9.17, 15) is 9.90 Å². The number of unbranched alkanes of at least 4 members (excludes halogenated alkanes) is 3. The van der Waals surface area contributed by atoms with E-state index in [0.717, 1.165) is 32.3 Å². The number of aliphatic hydroxyl groups is 1. The van der Waals surface area contributed by atoms with Crippen LogP contribution in [0.25, 0.3) is 0 Å². The van der Waals surface area contributed by atoms with Gasteiger partial charge in [-0.3, -0.25) is 4.79 Å². The first-order valence-electron chi connectivity index (χ1n) is 9.48. The molecule has 0 aromatic rings. The van der Waals surface area contributed by atoms with Gasteiger partial charge in [0.25, 0.3) is 0 Å². The second kappa shape index (κ2) is 10.00. The van der Waals surface area contributed by atoms with Crippen molar-refractivity contribution in [3.8, 4) is 0 Å². The lowest BCUT2D eigenvalue weighted by Gasteiger charge is -2.27. The normalized spacial score (nSPS) is 30.6. The van der Waals surface area contributed by atoms with Crippen molar-refractivity contribution in [1.29, 1.82) is 0 Å². The number of aliphatic carboxylic acids is 1. The summed E-state index contributed by atoms with van der Waals surface area (Å²) in [6.45, 7) is 3.00. The van der Waals surface area contributed by atoms with Crippen molar-refractivity contribution in [2.45, 2.75) is 70.5 Å². The number of hydrogen-bond acceptors (Lipinski definition) is 3. The Morgan fingerprint density at radius 3 is 2.83 bits per heavy atom. The van der Waals surface area contributed by atoms with Gasteiger partial charge in [0.1, 0.15) is 0 Å². The molecule has 5 atom stereocenters. The molecular formula is C20H32O4. The molecule has 2 aliphatic rings. The first-order chi connectivity index (χ1) is 11.6. The van der Waals surface area contributed by atoms with Gasteiger partial charge in [-0.25, -0.2) is 0 Å². The molecule has 24 heavy (non-hydrogen) atoms. The van der Waals surface area contributed by atoms with Gasteiger partial charge in [0.2, 0.25) is 0 Å². The van der Waals surface area contributed by atoms with Crippen LogP contribution in [0, 0.1) is 17.8 Å². The highest BCUT2D eigenvalue weighted by Crippen LogP contribution is 2.46. The van der Waals surface area contributed by atoms with E-state index < -0.39 is 5.97 Å². The molecule has 4 heteroatoms. The van der Waals surface area contributed by atoms with Gasteiger partial charge in [-0.2, -0.15) is 0 Å². The fraction of sp³-hybridized carbons (Fsp3) is 0.750. The molecule has 2 unspecified atom stereocenters. The predicted octanol–water partition coefficient (Wildman–Crippen LogP) is 3.95. The van der Waals surface area contributed by atoms with Crippen molar-refractivity contribution < 1.29 is 19.7 Å². The summed E-state index contributed by atoms with van der Waals surface area (Å²) in [5.74, 6) is 0.653. The lowest BCUT2D eigenvalue weighted by molar-refractivity contribution is -0.137. The van der Waals surface area contributed by atoms with Crippen LogP contribution in [-0.2, 0) is 9.53 Å². The number of hydrogen-bond donors (Lipinski definition) is 2. The molecule has 4 nitrogen and oxygen atoms in total. The van der Waals surface area contributed by atoms with Crippen LogP contribution in [0.4, 0.5) is 0 Å². The third-order valence-corrected chi connectivity index (χ3v) is 5.26. The van der Waals surface area contributed by atoms with E-state index in [1.165, 1.54) is 12.8 Å². The average molecular weight is 336 g/mol. The Balaban J connectivity index is 1.82. The monoisotopic (exact) mass is 336 g/mol. The number of fused-ring (bicyclic) bond motifs is 2. The van der Waals surface area contributed by atoms with Gasteiger partial charge >= 0.3 is 5.97 Å². The van der Waals surface area contributed by atoms with E-state index in [2.05, 4.69) is 25.2 Å². The minimum Gasteiger partial charge on any atom is -0.481 e. The summed E-state index contributed by atoms with van der Waals surface area (Å²) in [6.07, 6.45) is 15.5. The molecule has 1 heterocycles. The Kier molecular flexibility index (Phi) is 8.00. The van der Waals surface area contributed by atoms with E-state index in [-0.39, 0.29) is 18.6 Å². The van der Waals surface area contributed by atoms with Gasteiger partial charge in [0.05, 0.1) is 18.8 Å². The summed E-state index contributed by atoms with van der Waals surface area (Å²) in [7, 11) is 0. The molecule has 2 N–H and O–H groups in total. The van der Waals surface area contributed by atoms with Crippen LogP contribution in [0.1, 0.15) is 58.3 Å². The number of ether oxygens (including phenoxy) is 1. The maximum atomic E-state index is 10.5. The lowest BCUT2D eigenvalue weighted by atomic mass is 9.86. The maximum Gasteiger partial charge on any atom is 0.303 e. The molecule has 0 amide bonds.